The van der Waals surface area contributed by atoms with Crippen LogP contribution >= 0.6 is 23.2 Å². The zero-order valence-corrected chi connectivity index (χ0v) is 14.0. The van der Waals surface area contributed by atoms with Crippen molar-refractivity contribution < 1.29 is 4.39 Å². The van der Waals surface area contributed by atoms with Crippen molar-refractivity contribution in [1.82, 2.24) is 15.2 Å². The van der Waals surface area contributed by atoms with Crippen molar-refractivity contribution in [2.24, 2.45) is 0 Å². The van der Waals surface area contributed by atoms with Crippen LogP contribution in [0.15, 0.2) is 42.6 Å². The van der Waals surface area contributed by atoms with Gasteiger partial charge in [-0.1, -0.05) is 29.3 Å². The number of nitrogens with one attached hydrogen (secondary N) is 2. The maximum absolute atomic E-state index is 13.2. The summed E-state index contributed by atoms with van der Waals surface area (Å²) >= 11 is 11.9. The fourth-order valence-electron chi connectivity index (χ4n) is 1.94. The molecule has 2 N–H and O–H groups in total. The van der Waals surface area contributed by atoms with Gasteiger partial charge >= 0.3 is 0 Å². The number of nitrogens with zero attached hydrogens (tertiary/aromatic N) is 3. The summed E-state index contributed by atoms with van der Waals surface area (Å²) in [6.45, 7) is 1.92. The first-order valence-corrected chi connectivity index (χ1v) is 7.72. The lowest BCUT2D eigenvalue weighted by atomic mass is 10.2. The normalized spacial score (nSPS) is 10.5. The summed E-state index contributed by atoms with van der Waals surface area (Å²) in [6.07, 6.45) is 1.48. The van der Waals surface area contributed by atoms with Crippen LogP contribution in [0.25, 0.3) is 0 Å². The monoisotopic (exact) mass is 363 g/mol. The highest BCUT2D eigenvalue weighted by molar-refractivity contribution is 6.31. The van der Waals surface area contributed by atoms with Crippen LogP contribution < -0.4 is 10.6 Å². The molecule has 5 nitrogen and oxygen atoms in total. The third-order valence-corrected chi connectivity index (χ3v) is 3.88. The highest BCUT2D eigenvalue weighted by atomic mass is 35.5. The third kappa shape index (κ3) is 3.90. The average Bonchev–Trinajstić information content (AvgIpc) is 2.55. The largest absolute Gasteiger partial charge is 0.339 e. The predicted octanol–water partition coefficient (Wildman–Crippen LogP) is 5.11. The SMILES string of the molecule is Cc1ccc(Nc2cnnc(Nc3ccc(F)c(Cl)c3)n2)cc1Cl. The molecule has 0 unspecified atom stereocenters. The minimum Gasteiger partial charge on any atom is -0.339 e. The Hall–Kier alpha value is -2.44. The Bertz CT molecular complexity index is 819. The third-order valence-electron chi connectivity index (χ3n) is 3.18. The van der Waals surface area contributed by atoms with Crippen molar-refractivity contribution in [3.05, 3.63) is 64.0 Å². The Morgan fingerprint density at radius 2 is 1.67 bits per heavy atom. The highest BCUT2D eigenvalue weighted by Gasteiger charge is 2.05. The molecule has 0 bridgehead atoms. The van der Waals surface area contributed by atoms with Gasteiger partial charge in [0.2, 0.25) is 5.95 Å². The van der Waals surface area contributed by atoms with Gasteiger partial charge < -0.3 is 10.6 Å². The van der Waals surface area contributed by atoms with Gasteiger partial charge in [-0.25, -0.2) is 4.39 Å². The number of aryl methyl sites for hydroxylation is 1. The zero-order chi connectivity index (χ0) is 17.1. The molecule has 2 aromatic carbocycles. The van der Waals surface area contributed by atoms with Gasteiger partial charge in [-0.3, -0.25) is 0 Å². The summed E-state index contributed by atoms with van der Waals surface area (Å²) in [5.41, 5.74) is 2.32. The van der Waals surface area contributed by atoms with Gasteiger partial charge in [0.15, 0.2) is 5.82 Å². The molecule has 3 aromatic rings. The van der Waals surface area contributed by atoms with Gasteiger partial charge in [0.25, 0.3) is 0 Å². The summed E-state index contributed by atoms with van der Waals surface area (Å²) in [6, 6.07) is 9.82. The summed E-state index contributed by atoms with van der Waals surface area (Å²) in [7, 11) is 0. The second-order valence-electron chi connectivity index (χ2n) is 5.01. The molecular formula is C16H12Cl2FN5. The lowest BCUT2D eigenvalue weighted by Crippen LogP contribution is -2.02. The number of hydrogen-bond acceptors (Lipinski definition) is 5. The molecule has 24 heavy (non-hydrogen) atoms. The number of aromatic nitrogens is 3. The van der Waals surface area contributed by atoms with E-state index in [2.05, 4.69) is 25.8 Å². The average molecular weight is 364 g/mol. The Balaban J connectivity index is 1.78. The molecule has 8 heteroatoms. The van der Waals surface area contributed by atoms with Crippen molar-refractivity contribution in [1.29, 1.82) is 0 Å². The van der Waals surface area contributed by atoms with Gasteiger partial charge in [-0.2, -0.15) is 10.1 Å². The van der Waals surface area contributed by atoms with Crippen LogP contribution in [0.1, 0.15) is 5.56 Å². The molecule has 1 heterocycles. The number of halogens is 3. The Labute approximate surface area is 147 Å². The number of anilines is 4. The van der Waals surface area contributed by atoms with Crippen molar-refractivity contribution in [2.45, 2.75) is 6.92 Å². The van der Waals surface area contributed by atoms with Gasteiger partial charge in [0, 0.05) is 16.4 Å². The topological polar surface area (TPSA) is 62.7 Å². The van der Waals surface area contributed by atoms with E-state index in [4.69, 9.17) is 23.2 Å². The maximum atomic E-state index is 13.2. The van der Waals surface area contributed by atoms with Crippen LogP contribution in [-0.2, 0) is 0 Å². The van der Waals surface area contributed by atoms with E-state index in [9.17, 15) is 4.39 Å². The molecule has 1 aromatic heterocycles. The van der Waals surface area contributed by atoms with Crippen LogP contribution in [-0.4, -0.2) is 15.2 Å². The predicted molar refractivity (Wildman–Crippen MR) is 94.0 cm³/mol. The van der Waals surface area contributed by atoms with E-state index in [1.807, 2.05) is 19.1 Å². The highest BCUT2D eigenvalue weighted by Crippen LogP contribution is 2.24. The van der Waals surface area contributed by atoms with Crippen molar-refractivity contribution in [3.63, 3.8) is 0 Å². The molecule has 0 saturated carbocycles. The van der Waals surface area contributed by atoms with Gasteiger partial charge in [0.05, 0.1) is 11.2 Å². The first-order valence-electron chi connectivity index (χ1n) is 6.96. The fraction of sp³-hybridized carbons (Fsp3) is 0.0625. The van der Waals surface area contributed by atoms with Crippen molar-refractivity contribution in [3.8, 4) is 0 Å². The Morgan fingerprint density at radius 1 is 0.958 bits per heavy atom. The first kappa shape index (κ1) is 16.4. The summed E-state index contributed by atoms with van der Waals surface area (Å²) in [4.78, 5) is 4.29. The number of rotatable bonds is 4. The molecule has 0 aliphatic heterocycles. The molecule has 0 aliphatic rings. The van der Waals surface area contributed by atoms with Crippen LogP contribution in [0, 0.1) is 12.7 Å². The van der Waals surface area contributed by atoms with E-state index in [1.165, 1.54) is 24.4 Å². The first-order chi connectivity index (χ1) is 11.5. The van der Waals surface area contributed by atoms with Gasteiger partial charge in [-0.15, -0.1) is 5.10 Å². The molecule has 0 aliphatic carbocycles. The minimum absolute atomic E-state index is 0.0107. The van der Waals surface area contributed by atoms with E-state index in [0.29, 0.717) is 16.5 Å². The standard InChI is InChI=1S/C16H12Cl2FN5/c1-9-2-3-10(6-12(9)17)21-15-8-20-24-16(23-15)22-11-4-5-14(19)13(18)7-11/h2-8H,1H3,(H2,21,22,23,24). The van der Waals surface area contributed by atoms with Gasteiger partial charge in [0.1, 0.15) is 5.82 Å². The lowest BCUT2D eigenvalue weighted by molar-refractivity contribution is 0.628. The summed E-state index contributed by atoms with van der Waals surface area (Å²) in [5, 5.41) is 14.4. The number of benzene rings is 2. The molecule has 0 saturated heterocycles. The van der Waals surface area contributed by atoms with Gasteiger partial charge in [-0.05, 0) is 42.8 Å². The van der Waals surface area contributed by atoms with E-state index < -0.39 is 5.82 Å². The van der Waals surface area contributed by atoms with Crippen LogP contribution in [0.4, 0.5) is 27.5 Å². The molecular weight excluding hydrogens is 352 g/mol. The Morgan fingerprint density at radius 3 is 2.42 bits per heavy atom. The van der Waals surface area contributed by atoms with Crippen molar-refractivity contribution in [2.75, 3.05) is 10.6 Å². The van der Waals surface area contributed by atoms with E-state index in [0.717, 1.165) is 11.3 Å². The smallest absolute Gasteiger partial charge is 0.249 e. The van der Waals surface area contributed by atoms with E-state index in [-0.39, 0.29) is 11.0 Å². The Kier molecular flexibility index (Phi) is 4.78. The lowest BCUT2D eigenvalue weighted by Gasteiger charge is -2.09. The maximum Gasteiger partial charge on any atom is 0.249 e. The zero-order valence-electron chi connectivity index (χ0n) is 12.5. The molecule has 122 valence electrons. The van der Waals surface area contributed by atoms with Crippen LogP contribution in [0.2, 0.25) is 10.0 Å². The molecule has 0 fully saturated rings. The molecule has 3 rings (SSSR count). The minimum atomic E-state index is -0.493. The second kappa shape index (κ2) is 6.98. The quantitative estimate of drug-likeness (QED) is 0.673. The number of hydrogen-bond donors (Lipinski definition) is 2. The second-order valence-corrected chi connectivity index (χ2v) is 5.82. The molecule has 0 radical (unpaired) electrons. The fourth-order valence-corrected chi connectivity index (χ4v) is 2.30. The van der Waals surface area contributed by atoms with Crippen LogP contribution in [0.5, 0.6) is 0 Å². The van der Waals surface area contributed by atoms with E-state index in [1.54, 1.807) is 6.07 Å². The summed E-state index contributed by atoms with van der Waals surface area (Å²) in [5.74, 6) is 0.245. The van der Waals surface area contributed by atoms with Crippen LogP contribution in [0.3, 0.4) is 0 Å². The summed E-state index contributed by atoms with van der Waals surface area (Å²) < 4.78 is 13.2. The van der Waals surface area contributed by atoms with E-state index >= 15 is 0 Å². The molecule has 0 amide bonds. The van der Waals surface area contributed by atoms with Crippen molar-refractivity contribution >= 4 is 46.3 Å². The molecule has 0 spiro atoms. The molecule has 0 atom stereocenters.